The Labute approximate surface area is 123 Å². The molecule has 2 saturated heterocycles. The summed E-state index contributed by atoms with van der Waals surface area (Å²) >= 11 is 0. The SMILES string of the molecule is CC1CN(C(=O)C(C)(C)N2CCNCC2)CC(C)N1C. The van der Waals surface area contributed by atoms with Crippen molar-refractivity contribution in [3.05, 3.63) is 0 Å². The fourth-order valence-electron chi connectivity index (χ4n) is 3.32. The first-order valence-electron chi connectivity index (χ1n) is 7.81. The van der Waals surface area contributed by atoms with Gasteiger partial charge >= 0.3 is 0 Å². The van der Waals surface area contributed by atoms with Crippen molar-refractivity contribution in [1.29, 1.82) is 0 Å². The Balaban J connectivity index is 2.05. The molecule has 5 nitrogen and oxygen atoms in total. The van der Waals surface area contributed by atoms with Crippen molar-refractivity contribution in [3.63, 3.8) is 0 Å². The molecule has 1 amide bonds. The van der Waals surface area contributed by atoms with Gasteiger partial charge in [0.05, 0.1) is 5.54 Å². The van der Waals surface area contributed by atoms with Crippen molar-refractivity contribution in [1.82, 2.24) is 20.0 Å². The van der Waals surface area contributed by atoms with Crippen molar-refractivity contribution in [2.24, 2.45) is 0 Å². The monoisotopic (exact) mass is 282 g/mol. The average molecular weight is 282 g/mol. The largest absolute Gasteiger partial charge is 0.338 e. The van der Waals surface area contributed by atoms with Crippen LogP contribution in [-0.4, -0.2) is 84.5 Å². The first-order valence-corrected chi connectivity index (χ1v) is 7.81. The van der Waals surface area contributed by atoms with Gasteiger partial charge in [0.25, 0.3) is 0 Å². The highest BCUT2D eigenvalue weighted by Crippen LogP contribution is 2.22. The fourth-order valence-corrected chi connectivity index (χ4v) is 3.32. The van der Waals surface area contributed by atoms with Crippen molar-refractivity contribution in [3.8, 4) is 0 Å². The molecule has 0 radical (unpaired) electrons. The van der Waals surface area contributed by atoms with E-state index in [2.05, 4.69) is 54.8 Å². The van der Waals surface area contributed by atoms with Gasteiger partial charge in [0.2, 0.25) is 5.91 Å². The van der Waals surface area contributed by atoms with E-state index in [0.29, 0.717) is 12.1 Å². The molecule has 2 atom stereocenters. The highest BCUT2D eigenvalue weighted by atomic mass is 16.2. The molecule has 0 spiro atoms. The highest BCUT2D eigenvalue weighted by Gasteiger charge is 2.40. The number of hydrogen-bond donors (Lipinski definition) is 1. The molecule has 0 aromatic rings. The number of carbonyl (C=O) groups excluding carboxylic acids is 1. The summed E-state index contributed by atoms with van der Waals surface area (Å²) in [5, 5.41) is 3.35. The van der Waals surface area contributed by atoms with Crippen molar-refractivity contribution >= 4 is 5.91 Å². The van der Waals surface area contributed by atoms with Gasteiger partial charge in [-0.3, -0.25) is 14.6 Å². The number of nitrogens with zero attached hydrogens (tertiary/aromatic N) is 3. The van der Waals surface area contributed by atoms with Gasteiger partial charge < -0.3 is 10.2 Å². The van der Waals surface area contributed by atoms with Crippen LogP contribution in [0.4, 0.5) is 0 Å². The van der Waals surface area contributed by atoms with Gasteiger partial charge in [0, 0.05) is 51.4 Å². The molecule has 0 saturated carbocycles. The molecule has 116 valence electrons. The lowest BCUT2D eigenvalue weighted by Crippen LogP contribution is -2.65. The molecule has 2 fully saturated rings. The lowest BCUT2D eigenvalue weighted by molar-refractivity contribution is -0.147. The predicted molar refractivity (Wildman–Crippen MR) is 81.8 cm³/mol. The molecule has 0 aromatic heterocycles. The van der Waals surface area contributed by atoms with Crippen molar-refractivity contribution < 1.29 is 4.79 Å². The normalized spacial score (nSPS) is 30.6. The average Bonchev–Trinajstić information content (AvgIpc) is 2.44. The predicted octanol–water partition coefficient (Wildman–Crippen LogP) is 0.221. The third-order valence-electron chi connectivity index (χ3n) is 5.08. The zero-order chi connectivity index (χ0) is 14.9. The van der Waals surface area contributed by atoms with E-state index in [1.165, 1.54) is 0 Å². The Morgan fingerprint density at radius 3 is 2.10 bits per heavy atom. The third kappa shape index (κ3) is 3.00. The third-order valence-corrected chi connectivity index (χ3v) is 5.08. The Hall–Kier alpha value is -0.650. The Bertz CT molecular complexity index is 340. The van der Waals surface area contributed by atoms with Crippen LogP contribution in [0.2, 0.25) is 0 Å². The lowest BCUT2D eigenvalue weighted by atomic mass is 9.97. The van der Waals surface area contributed by atoms with Crippen molar-refractivity contribution in [2.75, 3.05) is 46.3 Å². The minimum absolute atomic E-state index is 0.284. The molecule has 5 heteroatoms. The molecule has 2 heterocycles. The van der Waals surface area contributed by atoms with E-state index in [0.717, 1.165) is 39.3 Å². The first kappa shape index (κ1) is 15.7. The van der Waals surface area contributed by atoms with E-state index in [4.69, 9.17) is 0 Å². The van der Waals surface area contributed by atoms with Crippen LogP contribution in [0.3, 0.4) is 0 Å². The van der Waals surface area contributed by atoms with Crippen LogP contribution in [0.25, 0.3) is 0 Å². The van der Waals surface area contributed by atoms with Crippen LogP contribution >= 0.6 is 0 Å². The maximum atomic E-state index is 13.0. The van der Waals surface area contributed by atoms with Gasteiger partial charge in [-0.1, -0.05) is 0 Å². The van der Waals surface area contributed by atoms with E-state index < -0.39 is 5.54 Å². The molecular formula is C15H30N4O. The Morgan fingerprint density at radius 1 is 1.10 bits per heavy atom. The molecule has 2 rings (SSSR count). The topological polar surface area (TPSA) is 38.8 Å². The van der Waals surface area contributed by atoms with Gasteiger partial charge in [-0.2, -0.15) is 0 Å². The van der Waals surface area contributed by atoms with Gasteiger partial charge in [-0.15, -0.1) is 0 Å². The van der Waals surface area contributed by atoms with Gasteiger partial charge in [0.15, 0.2) is 0 Å². The first-order chi connectivity index (χ1) is 9.34. The van der Waals surface area contributed by atoms with E-state index in [1.807, 2.05) is 0 Å². The van der Waals surface area contributed by atoms with E-state index in [-0.39, 0.29) is 5.91 Å². The maximum absolute atomic E-state index is 13.0. The van der Waals surface area contributed by atoms with Crippen LogP contribution in [0.5, 0.6) is 0 Å². The lowest BCUT2D eigenvalue weighted by Gasteiger charge is -2.47. The molecule has 2 aliphatic heterocycles. The quantitative estimate of drug-likeness (QED) is 0.786. The molecule has 0 aromatic carbocycles. The fraction of sp³-hybridized carbons (Fsp3) is 0.933. The molecule has 2 unspecified atom stereocenters. The van der Waals surface area contributed by atoms with Crippen LogP contribution < -0.4 is 5.32 Å². The molecule has 20 heavy (non-hydrogen) atoms. The number of piperazine rings is 2. The zero-order valence-electron chi connectivity index (χ0n) is 13.6. The second-order valence-electron chi connectivity index (χ2n) is 6.87. The van der Waals surface area contributed by atoms with E-state index in [1.54, 1.807) is 0 Å². The van der Waals surface area contributed by atoms with E-state index >= 15 is 0 Å². The Morgan fingerprint density at radius 2 is 1.60 bits per heavy atom. The summed E-state index contributed by atoms with van der Waals surface area (Å²) in [6.45, 7) is 14.1. The number of amides is 1. The minimum atomic E-state index is -0.391. The summed E-state index contributed by atoms with van der Waals surface area (Å²) in [4.78, 5) is 19.7. The standard InChI is InChI=1S/C15H30N4O/c1-12-10-18(11-13(2)17(12)5)14(20)15(3,4)19-8-6-16-7-9-19/h12-13,16H,6-11H2,1-5H3. The second kappa shape index (κ2) is 6.00. The van der Waals surface area contributed by atoms with Crippen LogP contribution in [0.15, 0.2) is 0 Å². The summed E-state index contributed by atoms with van der Waals surface area (Å²) < 4.78 is 0. The van der Waals surface area contributed by atoms with E-state index in [9.17, 15) is 4.79 Å². The molecular weight excluding hydrogens is 252 g/mol. The molecule has 2 aliphatic rings. The molecule has 0 aliphatic carbocycles. The summed E-state index contributed by atoms with van der Waals surface area (Å²) in [5.41, 5.74) is -0.391. The van der Waals surface area contributed by atoms with Crippen molar-refractivity contribution in [2.45, 2.75) is 45.3 Å². The maximum Gasteiger partial charge on any atom is 0.242 e. The van der Waals surface area contributed by atoms with Crippen LogP contribution in [0.1, 0.15) is 27.7 Å². The summed E-state index contributed by atoms with van der Waals surface area (Å²) in [6, 6.07) is 0.864. The summed E-state index contributed by atoms with van der Waals surface area (Å²) in [5.74, 6) is 0.284. The highest BCUT2D eigenvalue weighted by molar-refractivity contribution is 5.85. The van der Waals surface area contributed by atoms with Crippen LogP contribution in [-0.2, 0) is 4.79 Å². The number of likely N-dealkylation sites (N-methyl/N-ethyl adjacent to an activating group) is 1. The molecule has 0 bridgehead atoms. The zero-order valence-corrected chi connectivity index (χ0v) is 13.6. The summed E-state index contributed by atoms with van der Waals surface area (Å²) in [6.07, 6.45) is 0. The molecule has 1 N–H and O–H groups in total. The number of carbonyl (C=O) groups is 1. The summed E-state index contributed by atoms with van der Waals surface area (Å²) in [7, 11) is 2.15. The smallest absolute Gasteiger partial charge is 0.242 e. The number of nitrogens with one attached hydrogen (secondary N) is 1. The van der Waals surface area contributed by atoms with Gasteiger partial charge in [0.1, 0.15) is 0 Å². The Kier molecular flexibility index (Phi) is 4.72. The number of rotatable bonds is 2. The van der Waals surface area contributed by atoms with Crippen LogP contribution in [0, 0.1) is 0 Å². The minimum Gasteiger partial charge on any atom is -0.338 e. The van der Waals surface area contributed by atoms with Gasteiger partial charge in [-0.05, 0) is 34.7 Å². The van der Waals surface area contributed by atoms with Gasteiger partial charge in [-0.25, -0.2) is 0 Å². The second-order valence-corrected chi connectivity index (χ2v) is 6.87. The number of hydrogen-bond acceptors (Lipinski definition) is 4.